The SMILES string of the molecule is CCc1ccc(N2CCC(=O)C(C)C2)cc1. The lowest BCUT2D eigenvalue weighted by Gasteiger charge is -2.32. The summed E-state index contributed by atoms with van der Waals surface area (Å²) < 4.78 is 0. The number of nitrogens with zero attached hydrogens (tertiary/aromatic N) is 1. The average molecular weight is 217 g/mol. The highest BCUT2D eigenvalue weighted by molar-refractivity contribution is 5.83. The van der Waals surface area contributed by atoms with Gasteiger partial charge in [0.15, 0.2) is 0 Å². The Bertz CT molecular complexity index is 369. The molecule has 1 saturated heterocycles. The first-order valence-electron chi connectivity index (χ1n) is 6.07. The predicted octanol–water partition coefficient (Wildman–Crippen LogP) is 2.66. The van der Waals surface area contributed by atoms with Crippen molar-refractivity contribution in [2.24, 2.45) is 5.92 Å². The Morgan fingerprint density at radius 1 is 1.31 bits per heavy atom. The van der Waals surface area contributed by atoms with Gasteiger partial charge < -0.3 is 4.90 Å². The molecule has 0 bridgehead atoms. The van der Waals surface area contributed by atoms with Crippen LogP contribution in [0.25, 0.3) is 0 Å². The third-order valence-electron chi connectivity index (χ3n) is 3.38. The number of Topliss-reactive ketones (excluding diaryl/α,β-unsaturated/α-hetero) is 1. The van der Waals surface area contributed by atoms with Gasteiger partial charge in [-0.05, 0) is 24.1 Å². The molecule has 2 nitrogen and oxygen atoms in total. The molecule has 1 heterocycles. The minimum absolute atomic E-state index is 0.180. The molecule has 1 aliphatic heterocycles. The normalized spacial score (nSPS) is 21.2. The molecule has 86 valence electrons. The maximum absolute atomic E-state index is 11.4. The molecular formula is C14H19NO. The van der Waals surface area contributed by atoms with E-state index in [-0.39, 0.29) is 5.92 Å². The number of carbonyl (C=O) groups is 1. The van der Waals surface area contributed by atoms with Gasteiger partial charge in [-0.25, -0.2) is 0 Å². The first-order chi connectivity index (χ1) is 7.70. The molecule has 0 N–H and O–H groups in total. The molecule has 1 unspecified atom stereocenters. The van der Waals surface area contributed by atoms with Crippen molar-refractivity contribution in [3.05, 3.63) is 29.8 Å². The molecule has 0 aromatic heterocycles. The second-order valence-electron chi connectivity index (χ2n) is 4.58. The minimum Gasteiger partial charge on any atom is -0.370 e. The highest BCUT2D eigenvalue weighted by Gasteiger charge is 2.23. The summed E-state index contributed by atoms with van der Waals surface area (Å²) in [6, 6.07) is 8.69. The summed E-state index contributed by atoms with van der Waals surface area (Å²) in [5.41, 5.74) is 2.61. The van der Waals surface area contributed by atoms with Crippen molar-refractivity contribution in [1.82, 2.24) is 0 Å². The second kappa shape index (κ2) is 4.69. The lowest BCUT2D eigenvalue weighted by atomic mass is 9.98. The van der Waals surface area contributed by atoms with Crippen LogP contribution in [0.2, 0.25) is 0 Å². The topological polar surface area (TPSA) is 20.3 Å². The van der Waals surface area contributed by atoms with E-state index in [0.717, 1.165) is 19.5 Å². The fraction of sp³-hybridized carbons (Fsp3) is 0.500. The van der Waals surface area contributed by atoms with Gasteiger partial charge in [0.2, 0.25) is 0 Å². The number of hydrogen-bond donors (Lipinski definition) is 0. The summed E-state index contributed by atoms with van der Waals surface area (Å²) in [4.78, 5) is 13.8. The van der Waals surface area contributed by atoms with Crippen LogP contribution in [-0.4, -0.2) is 18.9 Å². The third-order valence-corrected chi connectivity index (χ3v) is 3.38. The zero-order valence-corrected chi connectivity index (χ0v) is 10.1. The monoisotopic (exact) mass is 217 g/mol. The van der Waals surface area contributed by atoms with Crippen molar-refractivity contribution in [3.63, 3.8) is 0 Å². The molecule has 0 amide bonds. The first-order valence-corrected chi connectivity index (χ1v) is 6.07. The Morgan fingerprint density at radius 3 is 2.56 bits per heavy atom. The second-order valence-corrected chi connectivity index (χ2v) is 4.58. The van der Waals surface area contributed by atoms with Crippen LogP contribution in [0, 0.1) is 5.92 Å². The molecule has 16 heavy (non-hydrogen) atoms. The number of piperidine rings is 1. The van der Waals surface area contributed by atoms with Crippen molar-refractivity contribution in [3.8, 4) is 0 Å². The predicted molar refractivity (Wildman–Crippen MR) is 66.8 cm³/mol. The van der Waals surface area contributed by atoms with E-state index < -0.39 is 0 Å². The van der Waals surface area contributed by atoms with E-state index in [4.69, 9.17) is 0 Å². The molecule has 0 spiro atoms. The Morgan fingerprint density at radius 2 is 2.00 bits per heavy atom. The fourth-order valence-corrected chi connectivity index (χ4v) is 2.19. The molecule has 1 aromatic rings. The van der Waals surface area contributed by atoms with Gasteiger partial charge in [-0.1, -0.05) is 26.0 Å². The smallest absolute Gasteiger partial charge is 0.139 e. The fourth-order valence-electron chi connectivity index (χ4n) is 2.19. The molecule has 1 fully saturated rings. The van der Waals surface area contributed by atoms with Crippen LogP contribution in [0.15, 0.2) is 24.3 Å². The number of ketones is 1. The van der Waals surface area contributed by atoms with E-state index in [1.807, 2.05) is 6.92 Å². The van der Waals surface area contributed by atoms with Gasteiger partial charge >= 0.3 is 0 Å². The largest absolute Gasteiger partial charge is 0.370 e. The van der Waals surface area contributed by atoms with Crippen LogP contribution in [0.4, 0.5) is 5.69 Å². The van der Waals surface area contributed by atoms with Crippen LogP contribution in [0.5, 0.6) is 0 Å². The van der Waals surface area contributed by atoms with Gasteiger partial charge in [-0.3, -0.25) is 4.79 Å². The molecule has 1 atom stereocenters. The van der Waals surface area contributed by atoms with Crippen molar-refractivity contribution < 1.29 is 4.79 Å². The number of hydrogen-bond acceptors (Lipinski definition) is 2. The Hall–Kier alpha value is -1.31. The Labute approximate surface area is 97.3 Å². The number of benzene rings is 1. The minimum atomic E-state index is 0.180. The van der Waals surface area contributed by atoms with E-state index in [1.54, 1.807) is 0 Å². The summed E-state index contributed by atoms with van der Waals surface area (Å²) in [5, 5.41) is 0. The van der Waals surface area contributed by atoms with Crippen LogP contribution in [0.1, 0.15) is 25.8 Å². The molecule has 0 saturated carbocycles. The van der Waals surface area contributed by atoms with E-state index >= 15 is 0 Å². The van der Waals surface area contributed by atoms with E-state index in [2.05, 4.69) is 36.1 Å². The summed E-state index contributed by atoms with van der Waals surface area (Å²) in [6.45, 7) is 5.92. The average Bonchev–Trinajstić information content (AvgIpc) is 2.33. The van der Waals surface area contributed by atoms with Gasteiger partial charge in [-0.2, -0.15) is 0 Å². The van der Waals surface area contributed by atoms with E-state index in [1.165, 1.54) is 11.3 Å². The summed E-state index contributed by atoms with van der Waals surface area (Å²) in [5.74, 6) is 0.584. The summed E-state index contributed by atoms with van der Waals surface area (Å²) in [7, 11) is 0. The number of anilines is 1. The lowest BCUT2D eigenvalue weighted by molar-refractivity contribution is -0.122. The molecule has 2 heteroatoms. The molecule has 1 aliphatic rings. The van der Waals surface area contributed by atoms with Crippen molar-refractivity contribution in [1.29, 1.82) is 0 Å². The lowest BCUT2D eigenvalue weighted by Crippen LogP contribution is -2.39. The van der Waals surface area contributed by atoms with Crippen molar-refractivity contribution >= 4 is 11.5 Å². The molecule has 2 rings (SSSR count). The standard InChI is InChI=1S/C14H19NO/c1-3-12-4-6-13(7-5-12)15-9-8-14(16)11(2)10-15/h4-7,11H,3,8-10H2,1-2H3. The molecule has 0 radical (unpaired) electrons. The highest BCUT2D eigenvalue weighted by atomic mass is 16.1. The maximum atomic E-state index is 11.4. The number of rotatable bonds is 2. The zero-order chi connectivity index (χ0) is 11.5. The Kier molecular flexibility index (Phi) is 3.28. The van der Waals surface area contributed by atoms with Gasteiger partial charge in [0.1, 0.15) is 5.78 Å². The van der Waals surface area contributed by atoms with Crippen LogP contribution in [-0.2, 0) is 11.2 Å². The number of aryl methyl sites for hydroxylation is 1. The first kappa shape index (κ1) is 11.2. The number of carbonyl (C=O) groups excluding carboxylic acids is 1. The van der Waals surface area contributed by atoms with Crippen LogP contribution >= 0.6 is 0 Å². The van der Waals surface area contributed by atoms with Crippen LogP contribution < -0.4 is 4.90 Å². The summed E-state index contributed by atoms with van der Waals surface area (Å²) >= 11 is 0. The van der Waals surface area contributed by atoms with Gasteiger partial charge in [0, 0.05) is 31.1 Å². The molecule has 1 aromatic carbocycles. The van der Waals surface area contributed by atoms with Gasteiger partial charge in [-0.15, -0.1) is 0 Å². The van der Waals surface area contributed by atoms with Gasteiger partial charge in [0.05, 0.1) is 0 Å². The Balaban J connectivity index is 2.09. The van der Waals surface area contributed by atoms with Crippen LogP contribution in [0.3, 0.4) is 0 Å². The maximum Gasteiger partial charge on any atom is 0.139 e. The third kappa shape index (κ3) is 2.26. The quantitative estimate of drug-likeness (QED) is 0.759. The molecule has 0 aliphatic carbocycles. The van der Waals surface area contributed by atoms with E-state index in [0.29, 0.717) is 12.2 Å². The van der Waals surface area contributed by atoms with Gasteiger partial charge in [0.25, 0.3) is 0 Å². The summed E-state index contributed by atoms with van der Waals surface area (Å²) in [6.07, 6.45) is 1.77. The zero-order valence-electron chi connectivity index (χ0n) is 10.1. The highest BCUT2D eigenvalue weighted by Crippen LogP contribution is 2.21. The van der Waals surface area contributed by atoms with Crippen molar-refractivity contribution in [2.45, 2.75) is 26.7 Å². The van der Waals surface area contributed by atoms with Crippen molar-refractivity contribution in [2.75, 3.05) is 18.0 Å². The van der Waals surface area contributed by atoms with E-state index in [9.17, 15) is 4.79 Å². The molecular weight excluding hydrogens is 198 g/mol.